The quantitative estimate of drug-likeness (QED) is 0.694. The number of alkyl halides is 3. The number of hydrogen-bond acceptors (Lipinski definition) is 2. The molecule has 1 aromatic carbocycles. The van der Waals surface area contributed by atoms with Crippen LogP contribution in [0.15, 0.2) is 12.1 Å². The molecule has 6 heteroatoms. The minimum atomic E-state index is -4.87. The molecule has 0 spiro atoms. The Morgan fingerprint density at radius 2 is 1.81 bits per heavy atom. The fourth-order valence-corrected chi connectivity index (χ4v) is 1.17. The lowest BCUT2D eigenvalue weighted by Crippen LogP contribution is -2.10. The van der Waals surface area contributed by atoms with Gasteiger partial charge in [-0.2, -0.15) is 23.7 Å². The molecule has 16 heavy (non-hydrogen) atoms. The van der Waals surface area contributed by atoms with E-state index < -0.39 is 29.5 Å². The predicted octanol–water partition coefficient (Wildman–Crippen LogP) is 2.78. The zero-order chi connectivity index (χ0) is 12.3. The van der Waals surface area contributed by atoms with Crippen molar-refractivity contribution in [1.29, 1.82) is 10.5 Å². The van der Waals surface area contributed by atoms with E-state index in [-0.39, 0.29) is 5.56 Å². The van der Waals surface area contributed by atoms with Gasteiger partial charge in [-0.3, -0.25) is 0 Å². The van der Waals surface area contributed by atoms with Crippen LogP contribution in [0.1, 0.15) is 16.7 Å². The van der Waals surface area contributed by atoms with Gasteiger partial charge in [0.25, 0.3) is 0 Å². The van der Waals surface area contributed by atoms with Gasteiger partial charge in [0.05, 0.1) is 29.7 Å². The summed E-state index contributed by atoms with van der Waals surface area (Å²) >= 11 is 0. The van der Waals surface area contributed by atoms with Gasteiger partial charge in [-0.15, -0.1) is 0 Å². The second-order valence-corrected chi connectivity index (χ2v) is 2.94. The van der Waals surface area contributed by atoms with Gasteiger partial charge in [-0.1, -0.05) is 0 Å². The Morgan fingerprint density at radius 3 is 2.25 bits per heavy atom. The summed E-state index contributed by atoms with van der Waals surface area (Å²) in [6.45, 7) is 0. The molecule has 0 aliphatic carbocycles. The van der Waals surface area contributed by atoms with Gasteiger partial charge < -0.3 is 0 Å². The van der Waals surface area contributed by atoms with Crippen molar-refractivity contribution in [3.8, 4) is 12.1 Å². The number of halogens is 4. The summed E-state index contributed by atoms with van der Waals surface area (Å²) in [6, 6.07) is 4.39. The Hall–Kier alpha value is -2.08. The highest BCUT2D eigenvalue weighted by Gasteiger charge is 2.35. The van der Waals surface area contributed by atoms with Gasteiger partial charge >= 0.3 is 6.18 Å². The van der Waals surface area contributed by atoms with Crippen LogP contribution in [0.25, 0.3) is 0 Å². The highest BCUT2D eigenvalue weighted by Crippen LogP contribution is 2.33. The van der Waals surface area contributed by atoms with E-state index in [9.17, 15) is 17.6 Å². The number of benzene rings is 1. The van der Waals surface area contributed by atoms with E-state index in [1.54, 1.807) is 0 Å². The van der Waals surface area contributed by atoms with E-state index in [1.165, 1.54) is 12.1 Å². The monoisotopic (exact) mass is 228 g/mol. The van der Waals surface area contributed by atoms with Gasteiger partial charge in [-0.25, -0.2) is 4.39 Å². The Kier molecular flexibility index (Phi) is 3.14. The van der Waals surface area contributed by atoms with Crippen molar-refractivity contribution in [3.63, 3.8) is 0 Å². The maximum absolute atomic E-state index is 13.3. The lowest BCUT2D eigenvalue weighted by Gasteiger charge is -2.10. The Labute approximate surface area is 88.3 Å². The second-order valence-electron chi connectivity index (χ2n) is 2.94. The summed E-state index contributed by atoms with van der Waals surface area (Å²) in [5.41, 5.74) is -2.26. The molecule has 0 bridgehead atoms. The maximum atomic E-state index is 13.3. The van der Waals surface area contributed by atoms with E-state index in [4.69, 9.17) is 10.5 Å². The molecule has 0 N–H and O–H groups in total. The first-order valence-corrected chi connectivity index (χ1v) is 4.06. The molecule has 1 rings (SSSR count). The first-order chi connectivity index (χ1) is 7.40. The minimum absolute atomic E-state index is 0.320. The molecule has 0 saturated carbocycles. The molecule has 0 aliphatic rings. The molecule has 0 fully saturated rings. The van der Waals surface area contributed by atoms with Crippen molar-refractivity contribution in [2.24, 2.45) is 0 Å². The zero-order valence-electron chi connectivity index (χ0n) is 7.77. The predicted molar refractivity (Wildman–Crippen MR) is 45.4 cm³/mol. The molecule has 0 heterocycles. The van der Waals surface area contributed by atoms with Crippen molar-refractivity contribution >= 4 is 0 Å². The van der Waals surface area contributed by atoms with Gasteiger partial charge in [0.2, 0.25) is 0 Å². The molecule has 0 saturated heterocycles. The third kappa shape index (κ3) is 2.29. The van der Waals surface area contributed by atoms with Crippen molar-refractivity contribution in [2.75, 3.05) is 0 Å². The van der Waals surface area contributed by atoms with Crippen LogP contribution in [0.4, 0.5) is 17.6 Å². The fraction of sp³-hybridized carbons (Fsp3) is 0.200. The molecule has 0 aliphatic heterocycles. The summed E-state index contributed by atoms with van der Waals surface area (Å²) < 4.78 is 50.4. The zero-order valence-corrected chi connectivity index (χ0v) is 7.77. The van der Waals surface area contributed by atoms with E-state index in [2.05, 4.69) is 0 Å². The summed E-state index contributed by atoms with van der Waals surface area (Å²) in [6.07, 6.45) is -5.38. The van der Waals surface area contributed by atoms with Crippen molar-refractivity contribution in [2.45, 2.75) is 12.6 Å². The van der Waals surface area contributed by atoms with Crippen LogP contribution >= 0.6 is 0 Å². The third-order valence-corrected chi connectivity index (χ3v) is 1.85. The smallest absolute Gasteiger partial charge is 0.206 e. The molecule has 0 amide bonds. The average molecular weight is 228 g/mol. The van der Waals surface area contributed by atoms with E-state index >= 15 is 0 Å². The highest BCUT2D eigenvalue weighted by atomic mass is 19.4. The lowest BCUT2D eigenvalue weighted by atomic mass is 10.0. The topological polar surface area (TPSA) is 47.6 Å². The van der Waals surface area contributed by atoms with Gasteiger partial charge in [0.15, 0.2) is 0 Å². The van der Waals surface area contributed by atoms with E-state index in [0.717, 1.165) is 6.07 Å². The van der Waals surface area contributed by atoms with Crippen LogP contribution in [-0.2, 0) is 12.6 Å². The van der Waals surface area contributed by atoms with E-state index in [1.807, 2.05) is 0 Å². The van der Waals surface area contributed by atoms with Crippen molar-refractivity contribution in [1.82, 2.24) is 0 Å². The molecule has 0 atom stereocenters. The van der Waals surface area contributed by atoms with Crippen LogP contribution in [0.3, 0.4) is 0 Å². The van der Waals surface area contributed by atoms with Crippen LogP contribution < -0.4 is 0 Å². The summed E-state index contributed by atoms with van der Waals surface area (Å²) in [5, 5.41) is 16.8. The molecular formula is C10H4F4N2. The number of nitriles is 2. The van der Waals surface area contributed by atoms with Gasteiger partial charge in [-0.05, 0) is 12.1 Å². The first-order valence-electron chi connectivity index (χ1n) is 4.06. The maximum Gasteiger partial charge on any atom is 0.419 e. The van der Waals surface area contributed by atoms with Crippen LogP contribution in [0.2, 0.25) is 0 Å². The average Bonchev–Trinajstić information content (AvgIpc) is 2.19. The second kappa shape index (κ2) is 4.19. The first kappa shape index (κ1) is 12.0. The van der Waals surface area contributed by atoms with Gasteiger partial charge in [0.1, 0.15) is 5.82 Å². The molecule has 0 unspecified atom stereocenters. The van der Waals surface area contributed by atoms with Crippen LogP contribution in [-0.4, -0.2) is 0 Å². The molecular weight excluding hydrogens is 224 g/mol. The Bertz CT molecular complexity index is 491. The highest BCUT2D eigenvalue weighted by molar-refractivity contribution is 5.40. The lowest BCUT2D eigenvalue weighted by molar-refractivity contribution is -0.140. The van der Waals surface area contributed by atoms with E-state index in [0.29, 0.717) is 6.07 Å². The summed E-state index contributed by atoms with van der Waals surface area (Å²) in [5.74, 6) is -1.49. The normalized spacial score (nSPS) is 10.6. The number of rotatable bonds is 1. The van der Waals surface area contributed by atoms with Crippen molar-refractivity contribution < 1.29 is 17.6 Å². The summed E-state index contributed by atoms with van der Waals surface area (Å²) in [4.78, 5) is 0. The van der Waals surface area contributed by atoms with Crippen LogP contribution in [0, 0.1) is 28.5 Å². The molecule has 2 nitrogen and oxygen atoms in total. The molecule has 82 valence electrons. The Morgan fingerprint density at radius 1 is 1.19 bits per heavy atom. The number of nitrogens with zero attached hydrogens (tertiary/aromatic N) is 2. The molecule has 1 aromatic rings. The third-order valence-electron chi connectivity index (χ3n) is 1.85. The number of hydrogen-bond donors (Lipinski definition) is 0. The minimum Gasteiger partial charge on any atom is -0.206 e. The van der Waals surface area contributed by atoms with Gasteiger partial charge in [0, 0.05) is 5.56 Å². The largest absolute Gasteiger partial charge is 0.419 e. The summed E-state index contributed by atoms with van der Waals surface area (Å²) in [7, 11) is 0. The fourth-order valence-electron chi connectivity index (χ4n) is 1.17. The SMILES string of the molecule is N#CCc1cc(C#N)cc(C(F)(F)F)c1F. The van der Waals surface area contributed by atoms with Crippen molar-refractivity contribution in [3.05, 3.63) is 34.6 Å². The molecule has 0 radical (unpaired) electrons. The van der Waals surface area contributed by atoms with Crippen LogP contribution in [0.5, 0.6) is 0 Å². The standard InChI is InChI=1S/C10H4F4N2/c11-9-7(1-2-15)3-6(5-16)4-8(9)10(12,13)14/h3-4H,1H2. The molecule has 0 aromatic heterocycles. The Balaban J connectivity index is 3.46.